The summed E-state index contributed by atoms with van der Waals surface area (Å²) in [5.41, 5.74) is 5.61. The molecule has 12 nitrogen and oxygen atoms in total. The van der Waals surface area contributed by atoms with Crippen molar-refractivity contribution < 1.29 is 52.2 Å². The van der Waals surface area contributed by atoms with E-state index in [2.05, 4.69) is 0 Å². The Labute approximate surface area is 224 Å². The third-order valence-corrected chi connectivity index (χ3v) is 4.55. The van der Waals surface area contributed by atoms with Crippen molar-refractivity contribution >= 4 is 11.8 Å². The van der Waals surface area contributed by atoms with Crippen LogP contribution in [-0.4, -0.2) is 131 Å². The molecule has 12 heteroatoms. The van der Waals surface area contributed by atoms with Crippen molar-refractivity contribution in [3.05, 3.63) is 35.9 Å². The molecule has 38 heavy (non-hydrogen) atoms. The topological polar surface area (TPSA) is 143 Å². The molecule has 2 N–H and O–H groups in total. The smallest absolute Gasteiger partial charge is 0.379 e. The van der Waals surface area contributed by atoms with Crippen LogP contribution in [0.5, 0.6) is 0 Å². The average molecular weight is 546 g/mol. The molecule has 0 aliphatic carbocycles. The molecule has 1 aromatic rings. The summed E-state index contributed by atoms with van der Waals surface area (Å²) in [6.45, 7) is 7.88. The number of carbonyl (C=O) groups is 2. The SMILES string of the molecule is NCCOCCOCCOCCOCCOCCOCCOCCOCCOC(=O)C(=O)c1ccccc1. The summed E-state index contributed by atoms with van der Waals surface area (Å²) in [4.78, 5) is 23.5. The number of Topliss-reactive ketones (excluding diaryl/α,β-unsaturated/α-hetero) is 1. The number of benzene rings is 1. The number of ketones is 1. The van der Waals surface area contributed by atoms with Gasteiger partial charge in [0.15, 0.2) is 0 Å². The van der Waals surface area contributed by atoms with Gasteiger partial charge in [0.2, 0.25) is 0 Å². The minimum atomic E-state index is -0.895. The van der Waals surface area contributed by atoms with Gasteiger partial charge in [-0.15, -0.1) is 0 Å². The summed E-state index contributed by atoms with van der Waals surface area (Å²) < 4.78 is 47.8. The minimum absolute atomic E-state index is 0.00179. The van der Waals surface area contributed by atoms with Crippen LogP contribution in [0.2, 0.25) is 0 Å². The highest BCUT2D eigenvalue weighted by molar-refractivity contribution is 6.40. The summed E-state index contributed by atoms with van der Waals surface area (Å²) in [5.74, 6) is -1.57. The maximum absolute atomic E-state index is 11.8. The van der Waals surface area contributed by atoms with Gasteiger partial charge in [0.1, 0.15) is 6.61 Å². The van der Waals surface area contributed by atoms with Crippen LogP contribution in [0.3, 0.4) is 0 Å². The Kier molecular flexibility index (Phi) is 23.8. The second kappa shape index (κ2) is 26.6. The van der Waals surface area contributed by atoms with Gasteiger partial charge in [-0.3, -0.25) is 4.79 Å². The molecule has 0 saturated carbocycles. The van der Waals surface area contributed by atoms with E-state index in [0.717, 1.165) is 0 Å². The van der Waals surface area contributed by atoms with Crippen LogP contribution < -0.4 is 5.73 Å². The fourth-order valence-corrected chi connectivity index (χ4v) is 2.69. The molecular formula is C26H43NO11. The lowest BCUT2D eigenvalue weighted by molar-refractivity contribution is -0.139. The van der Waals surface area contributed by atoms with Crippen molar-refractivity contribution in [2.45, 2.75) is 0 Å². The summed E-state index contributed by atoms with van der Waals surface area (Å²) in [7, 11) is 0. The molecule has 0 amide bonds. The summed E-state index contributed by atoms with van der Waals surface area (Å²) in [6.07, 6.45) is 0. The Morgan fingerprint density at radius 2 is 0.789 bits per heavy atom. The molecule has 1 aromatic carbocycles. The highest BCUT2D eigenvalue weighted by atomic mass is 16.6. The van der Waals surface area contributed by atoms with Gasteiger partial charge >= 0.3 is 5.97 Å². The van der Waals surface area contributed by atoms with E-state index < -0.39 is 11.8 Å². The first-order valence-corrected chi connectivity index (χ1v) is 12.8. The predicted molar refractivity (Wildman–Crippen MR) is 137 cm³/mol. The lowest BCUT2D eigenvalue weighted by atomic mass is 10.1. The third-order valence-electron chi connectivity index (χ3n) is 4.55. The molecule has 0 aliphatic heterocycles. The van der Waals surface area contributed by atoms with E-state index in [9.17, 15) is 9.59 Å². The van der Waals surface area contributed by atoms with E-state index in [-0.39, 0.29) is 13.2 Å². The zero-order chi connectivity index (χ0) is 27.4. The first kappa shape index (κ1) is 34.0. The van der Waals surface area contributed by atoms with Crippen LogP contribution in [0.1, 0.15) is 10.4 Å². The molecule has 1 rings (SSSR count). The molecule has 0 aliphatic rings. The molecule has 0 heterocycles. The quantitative estimate of drug-likeness (QED) is 0.0678. The summed E-state index contributed by atoms with van der Waals surface area (Å²) in [5, 5.41) is 0. The molecule has 218 valence electrons. The van der Waals surface area contributed by atoms with Gasteiger partial charge in [0, 0.05) is 12.1 Å². The number of rotatable bonds is 28. The van der Waals surface area contributed by atoms with Gasteiger partial charge < -0.3 is 48.4 Å². The minimum Gasteiger partial charge on any atom is -0.457 e. The van der Waals surface area contributed by atoms with Gasteiger partial charge in [-0.2, -0.15) is 0 Å². The van der Waals surface area contributed by atoms with Gasteiger partial charge in [0.25, 0.3) is 5.78 Å². The molecule has 0 aromatic heterocycles. The number of nitrogens with two attached hydrogens (primary N) is 1. The summed E-state index contributed by atoms with van der Waals surface area (Å²) in [6, 6.07) is 8.26. The monoisotopic (exact) mass is 545 g/mol. The van der Waals surface area contributed by atoms with Gasteiger partial charge in [-0.25, -0.2) is 4.79 Å². The molecule has 0 bridgehead atoms. The zero-order valence-electron chi connectivity index (χ0n) is 22.2. The van der Waals surface area contributed by atoms with Crippen molar-refractivity contribution in [1.82, 2.24) is 0 Å². The van der Waals surface area contributed by atoms with E-state index in [1.807, 2.05) is 0 Å². The number of esters is 1. The second-order valence-electron chi connectivity index (χ2n) is 7.52. The van der Waals surface area contributed by atoms with Crippen molar-refractivity contribution in [2.75, 3.05) is 119 Å². The molecule has 0 saturated heterocycles. The first-order chi connectivity index (χ1) is 18.8. The average Bonchev–Trinajstić information content (AvgIpc) is 2.94. The van der Waals surface area contributed by atoms with Crippen molar-refractivity contribution in [2.24, 2.45) is 5.73 Å². The Morgan fingerprint density at radius 1 is 0.474 bits per heavy atom. The van der Waals surface area contributed by atoms with Gasteiger partial charge in [-0.1, -0.05) is 30.3 Å². The van der Waals surface area contributed by atoms with Crippen LogP contribution in [0.15, 0.2) is 30.3 Å². The largest absolute Gasteiger partial charge is 0.457 e. The van der Waals surface area contributed by atoms with Crippen molar-refractivity contribution in [3.63, 3.8) is 0 Å². The molecule has 0 fully saturated rings. The van der Waals surface area contributed by atoms with Crippen LogP contribution in [0.4, 0.5) is 0 Å². The highest BCUT2D eigenvalue weighted by Gasteiger charge is 2.17. The van der Waals surface area contributed by atoms with Gasteiger partial charge in [-0.05, 0) is 0 Å². The Balaban J connectivity index is 1.71. The fraction of sp³-hybridized carbons (Fsp3) is 0.692. The van der Waals surface area contributed by atoms with E-state index >= 15 is 0 Å². The maximum Gasteiger partial charge on any atom is 0.379 e. The fourth-order valence-electron chi connectivity index (χ4n) is 2.69. The summed E-state index contributed by atoms with van der Waals surface area (Å²) >= 11 is 0. The highest BCUT2D eigenvalue weighted by Crippen LogP contribution is 2.01. The van der Waals surface area contributed by atoms with Crippen LogP contribution in [0.25, 0.3) is 0 Å². The number of carbonyl (C=O) groups excluding carboxylic acids is 2. The molecular weight excluding hydrogens is 502 g/mol. The molecule has 0 atom stereocenters. The predicted octanol–water partition coefficient (Wildman–Crippen LogP) is 0.504. The van der Waals surface area contributed by atoms with E-state index in [0.29, 0.717) is 111 Å². The van der Waals surface area contributed by atoms with E-state index in [4.69, 9.17) is 48.4 Å². The second-order valence-corrected chi connectivity index (χ2v) is 7.52. The van der Waals surface area contributed by atoms with Crippen LogP contribution in [-0.2, 0) is 47.4 Å². The van der Waals surface area contributed by atoms with Gasteiger partial charge in [0.05, 0.1) is 106 Å². The van der Waals surface area contributed by atoms with Crippen LogP contribution >= 0.6 is 0 Å². The Bertz CT molecular complexity index is 678. The van der Waals surface area contributed by atoms with E-state index in [1.165, 1.54) is 0 Å². The van der Waals surface area contributed by atoms with Crippen molar-refractivity contribution in [3.8, 4) is 0 Å². The lowest BCUT2D eigenvalue weighted by Gasteiger charge is -2.08. The zero-order valence-corrected chi connectivity index (χ0v) is 22.2. The maximum atomic E-state index is 11.8. The van der Waals surface area contributed by atoms with Crippen molar-refractivity contribution in [1.29, 1.82) is 0 Å². The molecule has 0 unspecified atom stereocenters. The van der Waals surface area contributed by atoms with Crippen LogP contribution in [0, 0.1) is 0 Å². The Morgan fingerprint density at radius 3 is 1.13 bits per heavy atom. The number of hydrogen-bond acceptors (Lipinski definition) is 12. The Hall–Kier alpha value is -2.00. The standard InChI is InChI=1S/C26H43NO11/c27-6-7-30-8-9-31-10-11-32-12-13-33-14-15-34-16-17-35-18-19-36-20-21-37-22-23-38-26(29)25(28)24-4-2-1-3-5-24/h1-5H,6-23,27H2. The number of hydrogen-bond donors (Lipinski definition) is 1. The first-order valence-electron chi connectivity index (χ1n) is 12.8. The third kappa shape index (κ3) is 21.0. The molecule has 0 radical (unpaired) electrons. The normalized spacial score (nSPS) is 11.1. The molecule has 0 spiro atoms. The van der Waals surface area contributed by atoms with E-state index in [1.54, 1.807) is 30.3 Å². The number of ether oxygens (including phenoxy) is 9. The lowest BCUT2D eigenvalue weighted by Crippen LogP contribution is -2.20.